The van der Waals surface area contributed by atoms with Crippen LogP contribution in [0.4, 0.5) is 8.78 Å². The van der Waals surface area contributed by atoms with E-state index in [0.717, 1.165) is 11.1 Å². The van der Waals surface area contributed by atoms with Crippen LogP contribution in [0.15, 0.2) is 45.3 Å². The Balaban J connectivity index is 2.26. The minimum atomic E-state index is -0.319. The molecule has 0 saturated heterocycles. The molecule has 106 valence electrons. The summed E-state index contributed by atoms with van der Waals surface area (Å²) < 4.78 is 27.4. The summed E-state index contributed by atoms with van der Waals surface area (Å²) in [5, 5.41) is 0. The Morgan fingerprint density at radius 2 is 1.80 bits per heavy atom. The molecule has 0 aromatic heterocycles. The summed E-state index contributed by atoms with van der Waals surface area (Å²) in [5.41, 5.74) is 4.46. The predicted octanol–water partition coefficient (Wildman–Crippen LogP) is 4.24. The van der Waals surface area contributed by atoms with Crippen LogP contribution in [0.2, 0.25) is 0 Å². The largest absolute Gasteiger partial charge is 0.271 e. The van der Waals surface area contributed by atoms with Crippen molar-refractivity contribution in [1.29, 1.82) is 0 Å². The molecule has 0 aliphatic rings. The van der Waals surface area contributed by atoms with Gasteiger partial charge in [0.2, 0.25) is 0 Å². The number of nitrogens with two attached hydrogens (primary N) is 1. The predicted molar refractivity (Wildman–Crippen MR) is 82.0 cm³/mol. The molecule has 0 heterocycles. The zero-order valence-corrected chi connectivity index (χ0v) is 13.5. The number of nitrogens with one attached hydrogen (secondary N) is 1. The Hall–Kier alpha value is -0.820. The lowest BCUT2D eigenvalue weighted by atomic mass is 9.99. The van der Waals surface area contributed by atoms with Crippen molar-refractivity contribution in [1.82, 2.24) is 5.43 Å². The normalized spacial score (nSPS) is 12.4. The lowest BCUT2D eigenvalue weighted by Crippen LogP contribution is -2.29. The van der Waals surface area contributed by atoms with Gasteiger partial charge in [0.15, 0.2) is 0 Å². The van der Waals surface area contributed by atoms with E-state index in [2.05, 4.69) is 37.3 Å². The van der Waals surface area contributed by atoms with Crippen molar-refractivity contribution < 1.29 is 8.78 Å². The van der Waals surface area contributed by atoms with Gasteiger partial charge in [0.1, 0.15) is 11.6 Å². The average Bonchev–Trinajstić information content (AvgIpc) is 2.41. The van der Waals surface area contributed by atoms with Crippen LogP contribution in [0, 0.1) is 11.6 Å². The van der Waals surface area contributed by atoms with Crippen molar-refractivity contribution in [3.8, 4) is 0 Å². The van der Waals surface area contributed by atoms with Crippen molar-refractivity contribution in [2.45, 2.75) is 12.5 Å². The first-order valence-corrected chi connectivity index (χ1v) is 7.45. The maximum absolute atomic E-state index is 13.2. The third-order valence-electron chi connectivity index (χ3n) is 2.96. The highest BCUT2D eigenvalue weighted by Gasteiger charge is 2.15. The van der Waals surface area contributed by atoms with Crippen LogP contribution in [0.25, 0.3) is 0 Å². The molecule has 0 radical (unpaired) electrons. The Bertz CT molecular complexity index is 620. The first-order chi connectivity index (χ1) is 9.51. The summed E-state index contributed by atoms with van der Waals surface area (Å²) in [6.45, 7) is 0. The number of halogens is 4. The van der Waals surface area contributed by atoms with Crippen LogP contribution >= 0.6 is 31.9 Å². The molecule has 2 aromatic rings. The molecule has 20 heavy (non-hydrogen) atoms. The van der Waals surface area contributed by atoms with Gasteiger partial charge in [-0.3, -0.25) is 11.3 Å². The van der Waals surface area contributed by atoms with Crippen molar-refractivity contribution in [2.24, 2.45) is 5.84 Å². The van der Waals surface area contributed by atoms with E-state index >= 15 is 0 Å². The Morgan fingerprint density at radius 3 is 2.40 bits per heavy atom. The highest BCUT2D eigenvalue weighted by atomic mass is 79.9. The van der Waals surface area contributed by atoms with E-state index in [1.807, 2.05) is 0 Å². The zero-order chi connectivity index (χ0) is 14.7. The molecule has 0 bridgehead atoms. The lowest BCUT2D eigenvalue weighted by Gasteiger charge is -2.18. The molecule has 3 N–H and O–H groups in total. The summed E-state index contributed by atoms with van der Waals surface area (Å²) in [7, 11) is 0. The molecule has 2 rings (SSSR count). The first-order valence-electron chi connectivity index (χ1n) is 5.86. The molecule has 0 spiro atoms. The number of hydrogen-bond donors (Lipinski definition) is 2. The third kappa shape index (κ3) is 3.63. The molecule has 1 unspecified atom stereocenters. The molecule has 0 amide bonds. The van der Waals surface area contributed by atoms with E-state index in [1.165, 1.54) is 18.2 Å². The maximum atomic E-state index is 13.2. The van der Waals surface area contributed by atoms with Crippen molar-refractivity contribution in [2.75, 3.05) is 0 Å². The van der Waals surface area contributed by atoms with Gasteiger partial charge in [0, 0.05) is 4.47 Å². The van der Waals surface area contributed by atoms with Crippen LogP contribution < -0.4 is 11.3 Å². The van der Waals surface area contributed by atoms with Gasteiger partial charge in [-0.25, -0.2) is 8.78 Å². The Morgan fingerprint density at radius 1 is 1.05 bits per heavy atom. The minimum Gasteiger partial charge on any atom is -0.271 e. The zero-order valence-electron chi connectivity index (χ0n) is 10.3. The first kappa shape index (κ1) is 15.6. The highest BCUT2D eigenvalue weighted by Crippen LogP contribution is 2.27. The van der Waals surface area contributed by atoms with Gasteiger partial charge in [0.05, 0.1) is 10.5 Å². The van der Waals surface area contributed by atoms with Gasteiger partial charge in [-0.1, -0.05) is 28.1 Å². The molecular formula is C14H12Br2F2N2. The summed E-state index contributed by atoms with van der Waals surface area (Å²) in [6, 6.07) is 9.03. The van der Waals surface area contributed by atoms with Crippen LogP contribution in [0.5, 0.6) is 0 Å². The molecule has 0 aliphatic heterocycles. The average molecular weight is 406 g/mol. The van der Waals surface area contributed by atoms with E-state index in [1.54, 1.807) is 18.2 Å². The fraction of sp³-hybridized carbons (Fsp3) is 0.143. The molecule has 0 saturated carbocycles. The quantitative estimate of drug-likeness (QED) is 0.589. The van der Waals surface area contributed by atoms with Gasteiger partial charge in [-0.15, -0.1) is 0 Å². The number of hydrogen-bond acceptors (Lipinski definition) is 2. The summed E-state index contributed by atoms with van der Waals surface area (Å²) in [5.74, 6) is 4.95. The summed E-state index contributed by atoms with van der Waals surface area (Å²) in [6.07, 6.45) is 0.555. The van der Waals surface area contributed by atoms with Gasteiger partial charge < -0.3 is 0 Å². The van der Waals surface area contributed by atoms with Gasteiger partial charge in [0.25, 0.3) is 0 Å². The molecule has 2 nitrogen and oxygen atoms in total. The minimum absolute atomic E-state index is 0.206. The number of benzene rings is 2. The van der Waals surface area contributed by atoms with Gasteiger partial charge >= 0.3 is 0 Å². The van der Waals surface area contributed by atoms with E-state index in [4.69, 9.17) is 5.84 Å². The van der Waals surface area contributed by atoms with Crippen molar-refractivity contribution in [3.05, 3.63) is 68.1 Å². The standard InChI is InChI=1S/C14H12Br2F2N2/c15-11-7-9(17)2-3-10(11)14(20-19)6-8-1-4-13(18)12(16)5-8/h1-5,7,14,20H,6,19H2. The van der Waals surface area contributed by atoms with Crippen LogP contribution in [-0.2, 0) is 6.42 Å². The summed E-state index contributed by atoms with van der Waals surface area (Å²) in [4.78, 5) is 0. The second-order valence-corrected chi connectivity index (χ2v) is 6.05. The summed E-state index contributed by atoms with van der Waals surface area (Å²) >= 11 is 6.48. The molecule has 0 aliphatic carbocycles. The van der Waals surface area contributed by atoms with E-state index in [0.29, 0.717) is 15.4 Å². The molecular weight excluding hydrogens is 394 g/mol. The molecule has 2 aromatic carbocycles. The van der Waals surface area contributed by atoms with Crippen molar-refractivity contribution in [3.63, 3.8) is 0 Å². The number of rotatable bonds is 4. The van der Waals surface area contributed by atoms with Crippen LogP contribution in [0.3, 0.4) is 0 Å². The van der Waals surface area contributed by atoms with E-state index < -0.39 is 0 Å². The van der Waals surface area contributed by atoms with Gasteiger partial charge in [-0.05, 0) is 57.7 Å². The van der Waals surface area contributed by atoms with Crippen molar-refractivity contribution >= 4 is 31.9 Å². The van der Waals surface area contributed by atoms with Crippen LogP contribution in [-0.4, -0.2) is 0 Å². The number of hydrazine groups is 1. The molecule has 0 fully saturated rings. The third-order valence-corrected chi connectivity index (χ3v) is 4.26. The molecule has 1 atom stereocenters. The topological polar surface area (TPSA) is 38.0 Å². The van der Waals surface area contributed by atoms with Crippen LogP contribution in [0.1, 0.15) is 17.2 Å². The SMILES string of the molecule is NNC(Cc1ccc(F)c(Br)c1)c1ccc(F)cc1Br. The fourth-order valence-electron chi connectivity index (χ4n) is 1.95. The monoisotopic (exact) mass is 404 g/mol. The second-order valence-electron chi connectivity index (χ2n) is 4.34. The smallest absolute Gasteiger partial charge is 0.137 e. The Kier molecular flexibility index (Phi) is 5.26. The van der Waals surface area contributed by atoms with E-state index in [9.17, 15) is 8.78 Å². The highest BCUT2D eigenvalue weighted by molar-refractivity contribution is 9.10. The van der Waals surface area contributed by atoms with Gasteiger partial charge in [-0.2, -0.15) is 0 Å². The second kappa shape index (κ2) is 6.76. The van der Waals surface area contributed by atoms with E-state index in [-0.39, 0.29) is 17.7 Å². The Labute approximate surface area is 132 Å². The fourth-order valence-corrected chi connectivity index (χ4v) is 3.00. The lowest BCUT2D eigenvalue weighted by molar-refractivity contribution is 0.545. The molecule has 6 heteroatoms. The maximum Gasteiger partial charge on any atom is 0.137 e.